The highest BCUT2D eigenvalue weighted by Gasteiger charge is 2.15. The van der Waals surface area contributed by atoms with Crippen LogP contribution in [-0.2, 0) is 0 Å². The molecule has 0 saturated carbocycles. The average molecular weight is 264 g/mol. The summed E-state index contributed by atoms with van der Waals surface area (Å²) in [6.45, 7) is 8.57. The van der Waals surface area contributed by atoms with Crippen LogP contribution in [0.5, 0.6) is 0 Å². The van der Waals surface area contributed by atoms with E-state index in [1.165, 1.54) is 5.56 Å². The predicted molar refractivity (Wildman–Crippen MR) is 82.7 cm³/mol. The maximum Gasteiger partial charge on any atom is 0.128 e. The summed E-state index contributed by atoms with van der Waals surface area (Å²) >= 11 is 0. The van der Waals surface area contributed by atoms with Crippen molar-refractivity contribution in [1.82, 2.24) is 15.2 Å². The Morgan fingerprint density at radius 3 is 2.37 bits per heavy atom. The first kappa shape index (κ1) is 15.9. The van der Waals surface area contributed by atoms with Crippen molar-refractivity contribution < 1.29 is 0 Å². The Morgan fingerprint density at radius 2 is 1.95 bits per heavy atom. The normalized spacial score (nSPS) is 14.5. The van der Waals surface area contributed by atoms with E-state index in [1.54, 1.807) is 0 Å². The number of pyridine rings is 1. The van der Waals surface area contributed by atoms with E-state index in [2.05, 4.69) is 67.1 Å². The third kappa shape index (κ3) is 4.48. The number of likely N-dealkylation sites (N-methyl/N-ethyl adjacent to an activating group) is 2. The Kier molecular flexibility index (Phi) is 6.25. The maximum atomic E-state index is 4.61. The van der Waals surface area contributed by atoms with Gasteiger partial charge in [0.05, 0.1) is 0 Å². The number of hydrogen-bond donors (Lipinski definition) is 1. The van der Waals surface area contributed by atoms with Crippen LogP contribution in [0.15, 0.2) is 18.3 Å². The van der Waals surface area contributed by atoms with Crippen molar-refractivity contribution in [2.24, 2.45) is 0 Å². The first-order chi connectivity index (χ1) is 8.99. The summed E-state index contributed by atoms with van der Waals surface area (Å²) in [5.74, 6) is 1.06. The van der Waals surface area contributed by atoms with E-state index in [4.69, 9.17) is 0 Å². The zero-order chi connectivity index (χ0) is 14.4. The van der Waals surface area contributed by atoms with Crippen molar-refractivity contribution >= 4 is 5.82 Å². The van der Waals surface area contributed by atoms with Crippen LogP contribution in [0.4, 0.5) is 5.82 Å². The van der Waals surface area contributed by atoms with Gasteiger partial charge in [-0.2, -0.15) is 0 Å². The Morgan fingerprint density at radius 1 is 1.26 bits per heavy atom. The second-order valence-electron chi connectivity index (χ2n) is 5.36. The van der Waals surface area contributed by atoms with E-state index in [-0.39, 0.29) is 0 Å². The lowest BCUT2D eigenvalue weighted by molar-refractivity contribution is 0.372. The van der Waals surface area contributed by atoms with Gasteiger partial charge in [-0.15, -0.1) is 0 Å². The molecule has 0 aliphatic rings. The van der Waals surface area contributed by atoms with E-state index in [1.807, 2.05) is 13.2 Å². The Hall–Kier alpha value is -1.13. The van der Waals surface area contributed by atoms with Crippen molar-refractivity contribution in [2.75, 3.05) is 39.1 Å². The number of anilines is 1. The average Bonchev–Trinajstić information content (AvgIpc) is 2.38. The predicted octanol–water partition coefficient (Wildman–Crippen LogP) is 2.14. The molecule has 108 valence electrons. The fourth-order valence-electron chi connectivity index (χ4n) is 2.32. The number of nitrogens with zero attached hydrogens (tertiary/aromatic N) is 3. The molecule has 0 fully saturated rings. The zero-order valence-electron chi connectivity index (χ0n) is 13.1. The van der Waals surface area contributed by atoms with Crippen molar-refractivity contribution in [2.45, 2.75) is 32.9 Å². The van der Waals surface area contributed by atoms with Gasteiger partial charge in [-0.3, -0.25) is 0 Å². The van der Waals surface area contributed by atoms with Crippen LogP contribution in [-0.4, -0.2) is 50.2 Å². The molecule has 2 unspecified atom stereocenters. The van der Waals surface area contributed by atoms with Gasteiger partial charge >= 0.3 is 0 Å². The highest BCUT2D eigenvalue weighted by molar-refractivity contribution is 5.40. The summed E-state index contributed by atoms with van der Waals surface area (Å²) in [6.07, 6.45) is 1.97. The molecule has 1 N–H and O–H groups in total. The number of hydrogen-bond acceptors (Lipinski definition) is 4. The van der Waals surface area contributed by atoms with Crippen molar-refractivity contribution in [3.8, 4) is 0 Å². The van der Waals surface area contributed by atoms with Gasteiger partial charge in [-0.1, -0.05) is 6.07 Å². The lowest BCUT2D eigenvalue weighted by Crippen LogP contribution is -2.40. The van der Waals surface area contributed by atoms with Gasteiger partial charge in [0.2, 0.25) is 0 Å². The van der Waals surface area contributed by atoms with Gasteiger partial charge in [0, 0.05) is 31.4 Å². The maximum absolute atomic E-state index is 4.61. The summed E-state index contributed by atoms with van der Waals surface area (Å²) in [6, 6.07) is 5.09. The largest absolute Gasteiger partial charge is 0.353 e. The summed E-state index contributed by atoms with van der Waals surface area (Å²) in [4.78, 5) is 9.17. The molecular weight excluding hydrogens is 236 g/mol. The molecule has 0 radical (unpaired) electrons. The molecule has 0 aliphatic carbocycles. The van der Waals surface area contributed by atoms with Crippen molar-refractivity contribution in [3.63, 3.8) is 0 Å². The minimum absolute atomic E-state index is 0.343. The molecule has 0 bridgehead atoms. The van der Waals surface area contributed by atoms with E-state index < -0.39 is 0 Å². The fraction of sp³-hybridized carbons (Fsp3) is 0.667. The molecule has 0 aliphatic heterocycles. The third-order valence-electron chi connectivity index (χ3n) is 3.50. The molecule has 4 nitrogen and oxygen atoms in total. The van der Waals surface area contributed by atoms with Gasteiger partial charge in [0.15, 0.2) is 0 Å². The quantitative estimate of drug-likeness (QED) is 0.817. The number of aromatic nitrogens is 1. The lowest BCUT2D eigenvalue weighted by Gasteiger charge is -2.31. The number of rotatable bonds is 7. The molecule has 4 heteroatoms. The second-order valence-corrected chi connectivity index (χ2v) is 5.36. The molecule has 1 aromatic rings. The highest BCUT2D eigenvalue weighted by atomic mass is 15.2. The number of nitrogens with one attached hydrogen (secondary N) is 1. The highest BCUT2D eigenvalue weighted by Crippen LogP contribution is 2.17. The summed E-state index contributed by atoms with van der Waals surface area (Å²) in [5, 5.41) is 3.23. The Balaban J connectivity index is 2.81. The van der Waals surface area contributed by atoms with Crippen molar-refractivity contribution in [1.29, 1.82) is 0 Å². The van der Waals surface area contributed by atoms with Crippen LogP contribution < -0.4 is 10.2 Å². The van der Waals surface area contributed by atoms with Gasteiger partial charge in [0.25, 0.3) is 0 Å². The van der Waals surface area contributed by atoms with E-state index in [0.29, 0.717) is 12.1 Å². The van der Waals surface area contributed by atoms with Gasteiger partial charge in [-0.25, -0.2) is 4.98 Å². The van der Waals surface area contributed by atoms with Gasteiger partial charge < -0.3 is 15.1 Å². The first-order valence-electron chi connectivity index (χ1n) is 7.04. The Labute approximate surface area is 117 Å². The molecule has 2 atom stereocenters. The van der Waals surface area contributed by atoms with Gasteiger partial charge in [-0.05, 0) is 53.5 Å². The van der Waals surface area contributed by atoms with Crippen LogP contribution in [0.3, 0.4) is 0 Å². The molecule has 1 aromatic heterocycles. The van der Waals surface area contributed by atoms with Crippen LogP contribution in [0.2, 0.25) is 0 Å². The molecule has 0 amide bonds. The molecule has 1 rings (SSSR count). The summed E-state index contributed by atoms with van der Waals surface area (Å²) < 4.78 is 0. The molecule has 0 spiro atoms. The summed E-state index contributed by atoms with van der Waals surface area (Å²) in [5.41, 5.74) is 1.22. The topological polar surface area (TPSA) is 31.4 Å². The fourth-order valence-corrected chi connectivity index (χ4v) is 2.32. The monoisotopic (exact) mass is 264 g/mol. The smallest absolute Gasteiger partial charge is 0.128 e. The summed E-state index contributed by atoms with van der Waals surface area (Å²) in [7, 11) is 6.18. The van der Waals surface area contributed by atoms with E-state index in [0.717, 1.165) is 18.9 Å². The van der Waals surface area contributed by atoms with Crippen LogP contribution in [0.25, 0.3) is 0 Å². The van der Waals surface area contributed by atoms with Crippen molar-refractivity contribution in [3.05, 3.63) is 23.9 Å². The standard InChI is InChI=1S/C15H28N4/c1-7-19(12(2)11-18(5)6)15-9-8-14(10-17-15)13(3)16-4/h8-10,12-13,16H,7,11H2,1-6H3. The van der Waals surface area contributed by atoms with Crippen LogP contribution in [0.1, 0.15) is 32.4 Å². The second kappa shape index (κ2) is 7.46. The molecule has 19 heavy (non-hydrogen) atoms. The van der Waals surface area contributed by atoms with E-state index >= 15 is 0 Å². The van der Waals surface area contributed by atoms with Crippen LogP contribution in [0, 0.1) is 0 Å². The Bertz CT molecular complexity index is 361. The van der Waals surface area contributed by atoms with E-state index in [9.17, 15) is 0 Å². The van der Waals surface area contributed by atoms with Gasteiger partial charge in [0.1, 0.15) is 5.82 Å². The minimum atomic E-state index is 0.343. The minimum Gasteiger partial charge on any atom is -0.353 e. The molecule has 1 heterocycles. The third-order valence-corrected chi connectivity index (χ3v) is 3.50. The van der Waals surface area contributed by atoms with Crippen LogP contribution >= 0.6 is 0 Å². The lowest BCUT2D eigenvalue weighted by atomic mass is 10.1. The molecule has 0 aromatic carbocycles. The first-order valence-corrected chi connectivity index (χ1v) is 7.04. The molecular formula is C15H28N4. The molecule has 0 saturated heterocycles. The SMILES string of the molecule is CCN(c1ccc(C(C)NC)cn1)C(C)CN(C)C. The zero-order valence-corrected chi connectivity index (χ0v) is 13.1.